The molecular formula is C14H23NO3S. The van der Waals surface area contributed by atoms with Crippen LogP contribution in [0.2, 0.25) is 0 Å². The van der Waals surface area contributed by atoms with Gasteiger partial charge in [0.15, 0.2) is 0 Å². The molecule has 1 rings (SSSR count). The topological polar surface area (TPSA) is 66.4 Å². The monoisotopic (exact) mass is 285 g/mol. The number of aliphatic hydroxyl groups is 1. The molecule has 1 aromatic rings. The fourth-order valence-electron chi connectivity index (χ4n) is 1.60. The smallest absolute Gasteiger partial charge is 0.240 e. The first-order chi connectivity index (χ1) is 8.90. The predicted molar refractivity (Wildman–Crippen MR) is 76.3 cm³/mol. The summed E-state index contributed by atoms with van der Waals surface area (Å²) >= 11 is 0. The van der Waals surface area contributed by atoms with E-state index in [9.17, 15) is 13.5 Å². The lowest BCUT2D eigenvalue weighted by Crippen LogP contribution is -2.28. The maximum absolute atomic E-state index is 12.1. The average molecular weight is 285 g/mol. The summed E-state index contributed by atoms with van der Waals surface area (Å²) in [5.41, 5.74) is 0.633. The van der Waals surface area contributed by atoms with Gasteiger partial charge in [-0.1, -0.05) is 39.3 Å². The number of nitrogens with one attached hydrogen (secondary N) is 1. The van der Waals surface area contributed by atoms with Crippen LogP contribution in [-0.4, -0.2) is 20.1 Å². The van der Waals surface area contributed by atoms with Crippen LogP contribution in [0.3, 0.4) is 0 Å². The molecule has 0 saturated heterocycles. The highest BCUT2D eigenvalue weighted by Crippen LogP contribution is 2.19. The van der Waals surface area contributed by atoms with Gasteiger partial charge in [-0.15, -0.1) is 0 Å². The third kappa shape index (κ3) is 4.60. The Morgan fingerprint density at radius 2 is 1.95 bits per heavy atom. The van der Waals surface area contributed by atoms with E-state index in [1.165, 1.54) is 6.07 Å². The van der Waals surface area contributed by atoms with Gasteiger partial charge < -0.3 is 5.11 Å². The molecular weight excluding hydrogens is 262 g/mol. The molecule has 0 aliphatic rings. The standard InChI is InChI=1S/C14H23NO3S/c1-4-11(3)10-15-19(17,18)13-8-6-7-12(9-13)14(16)5-2/h6-9,11,14-16H,4-5,10H2,1-3H3. The molecule has 0 fully saturated rings. The van der Waals surface area contributed by atoms with E-state index in [4.69, 9.17) is 0 Å². The van der Waals surface area contributed by atoms with E-state index in [0.717, 1.165) is 6.42 Å². The van der Waals surface area contributed by atoms with Gasteiger partial charge in [-0.05, 0) is 30.0 Å². The van der Waals surface area contributed by atoms with Crippen LogP contribution in [0, 0.1) is 5.92 Å². The molecule has 4 nitrogen and oxygen atoms in total. The molecule has 0 aromatic heterocycles. The molecule has 0 spiro atoms. The molecule has 0 radical (unpaired) electrons. The average Bonchev–Trinajstić information content (AvgIpc) is 2.44. The number of hydrogen-bond acceptors (Lipinski definition) is 3. The SMILES string of the molecule is CCC(C)CNS(=O)(=O)c1cccc(C(O)CC)c1. The maximum atomic E-state index is 12.1. The zero-order chi connectivity index (χ0) is 14.5. The molecule has 0 amide bonds. The van der Waals surface area contributed by atoms with Crippen molar-refractivity contribution in [3.63, 3.8) is 0 Å². The third-order valence-corrected chi connectivity index (χ3v) is 4.68. The van der Waals surface area contributed by atoms with Gasteiger partial charge in [0, 0.05) is 6.54 Å². The van der Waals surface area contributed by atoms with Crippen LogP contribution in [0.4, 0.5) is 0 Å². The van der Waals surface area contributed by atoms with Crippen molar-refractivity contribution < 1.29 is 13.5 Å². The predicted octanol–water partition coefficient (Wildman–Crippen LogP) is 2.45. The van der Waals surface area contributed by atoms with Crippen molar-refractivity contribution >= 4 is 10.0 Å². The van der Waals surface area contributed by atoms with E-state index in [1.807, 2.05) is 20.8 Å². The Morgan fingerprint density at radius 3 is 2.53 bits per heavy atom. The van der Waals surface area contributed by atoms with Crippen LogP contribution in [0.5, 0.6) is 0 Å². The summed E-state index contributed by atoms with van der Waals surface area (Å²) in [5.74, 6) is 0.305. The minimum Gasteiger partial charge on any atom is -0.388 e. The summed E-state index contributed by atoms with van der Waals surface area (Å²) in [6.07, 6.45) is 0.866. The van der Waals surface area contributed by atoms with E-state index in [2.05, 4.69) is 4.72 Å². The highest BCUT2D eigenvalue weighted by atomic mass is 32.2. The summed E-state index contributed by atoms with van der Waals surface area (Å²) in [5, 5.41) is 9.76. The van der Waals surface area contributed by atoms with Gasteiger partial charge in [0.05, 0.1) is 11.0 Å². The zero-order valence-electron chi connectivity index (χ0n) is 11.8. The first-order valence-electron chi connectivity index (χ1n) is 6.68. The van der Waals surface area contributed by atoms with Gasteiger partial charge in [0.2, 0.25) is 10.0 Å². The van der Waals surface area contributed by atoms with E-state index in [1.54, 1.807) is 18.2 Å². The van der Waals surface area contributed by atoms with E-state index >= 15 is 0 Å². The highest BCUT2D eigenvalue weighted by molar-refractivity contribution is 7.89. The first-order valence-corrected chi connectivity index (χ1v) is 8.16. The molecule has 19 heavy (non-hydrogen) atoms. The number of sulfonamides is 1. The van der Waals surface area contributed by atoms with Crippen LogP contribution in [0.15, 0.2) is 29.2 Å². The van der Waals surface area contributed by atoms with Crippen LogP contribution in [-0.2, 0) is 10.0 Å². The second-order valence-corrected chi connectivity index (χ2v) is 6.63. The molecule has 0 heterocycles. The molecule has 0 bridgehead atoms. The largest absolute Gasteiger partial charge is 0.388 e. The first kappa shape index (κ1) is 16.1. The van der Waals surface area contributed by atoms with Crippen LogP contribution < -0.4 is 4.72 Å². The molecule has 0 aliphatic carbocycles. The van der Waals surface area contributed by atoms with Crippen molar-refractivity contribution in [1.29, 1.82) is 0 Å². The van der Waals surface area contributed by atoms with Crippen LogP contribution in [0.25, 0.3) is 0 Å². The fourth-order valence-corrected chi connectivity index (χ4v) is 2.82. The molecule has 2 N–H and O–H groups in total. The Morgan fingerprint density at radius 1 is 1.26 bits per heavy atom. The Labute approximate surface area is 115 Å². The Bertz CT molecular complexity index is 499. The minimum absolute atomic E-state index is 0.209. The molecule has 1 aromatic carbocycles. The van der Waals surface area contributed by atoms with Crippen molar-refractivity contribution in [2.45, 2.75) is 44.6 Å². The van der Waals surface area contributed by atoms with Crippen LogP contribution >= 0.6 is 0 Å². The number of rotatable bonds is 7. The lowest BCUT2D eigenvalue weighted by molar-refractivity contribution is 0.173. The molecule has 2 atom stereocenters. The van der Waals surface area contributed by atoms with E-state index < -0.39 is 16.1 Å². The quantitative estimate of drug-likeness (QED) is 0.808. The van der Waals surface area contributed by atoms with Crippen molar-refractivity contribution in [3.8, 4) is 0 Å². The van der Waals surface area contributed by atoms with Crippen molar-refractivity contribution in [1.82, 2.24) is 4.72 Å². The molecule has 2 unspecified atom stereocenters. The molecule has 0 aliphatic heterocycles. The Kier molecular flexibility index (Phi) is 5.97. The normalized spacial score (nSPS) is 15.2. The van der Waals surface area contributed by atoms with Crippen LogP contribution in [0.1, 0.15) is 45.3 Å². The summed E-state index contributed by atoms with van der Waals surface area (Å²) in [4.78, 5) is 0.209. The number of benzene rings is 1. The van der Waals surface area contributed by atoms with Gasteiger partial charge in [-0.25, -0.2) is 13.1 Å². The Balaban J connectivity index is 2.89. The lowest BCUT2D eigenvalue weighted by Gasteiger charge is -2.13. The van der Waals surface area contributed by atoms with E-state index in [-0.39, 0.29) is 4.90 Å². The van der Waals surface area contributed by atoms with Crippen molar-refractivity contribution in [2.75, 3.05) is 6.54 Å². The minimum atomic E-state index is -3.49. The van der Waals surface area contributed by atoms with E-state index in [0.29, 0.717) is 24.4 Å². The lowest BCUT2D eigenvalue weighted by atomic mass is 10.1. The van der Waals surface area contributed by atoms with Gasteiger partial charge in [0.1, 0.15) is 0 Å². The maximum Gasteiger partial charge on any atom is 0.240 e. The van der Waals surface area contributed by atoms with Crippen molar-refractivity contribution in [2.24, 2.45) is 5.92 Å². The second-order valence-electron chi connectivity index (χ2n) is 4.86. The van der Waals surface area contributed by atoms with Crippen molar-refractivity contribution in [3.05, 3.63) is 29.8 Å². The summed E-state index contributed by atoms with van der Waals surface area (Å²) in [6, 6.07) is 6.48. The zero-order valence-corrected chi connectivity index (χ0v) is 12.6. The summed E-state index contributed by atoms with van der Waals surface area (Å²) in [6.45, 7) is 6.31. The number of hydrogen-bond donors (Lipinski definition) is 2. The van der Waals surface area contributed by atoms with Gasteiger partial charge in [-0.3, -0.25) is 0 Å². The second kappa shape index (κ2) is 7.03. The van der Waals surface area contributed by atoms with Gasteiger partial charge >= 0.3 is 0 Å². The van der Waals surface area contributed by atoms with Gasteiger partial charge in [-0.2, -0.15) is 0 Å². The fraction of sp³-hybridized carbons (Fsp3) is 0.571. The summed E-state index contributed by atoms with van der Waals surface area (Å²) < 4.78 is 26.8. The molecule has 108 valence electrons. The number of aliphatic hydroxyl groups excluding tert-OH is 1. The molecule has 5 heteroatoms. The van der Waals surface area contributed by atoms with Gasteiger partial charge in [0.25, 0.3) is 0 Å². The summed E-state index contributed by atoms with van der Waals surface area (Å²) in [7, 11) is -3.49. The molecule has 0 saturated carbocycles. The third-order valence-electron chi connectivity index (χ3n) is 3.26. The Hall–Kier alpha value is -0.910. The highest BCUT2D eigenvalue weighted by Gasteiger charge is 2.16.